The topological polar surface area (TPSA) is 18.5 Å². The molecule has 2 heteroatoms. The molecule has 1 aromatic rings. The third-order valence-electron chi connectivity index (χ3n) is 1.31. The van der Waals surface area contributed by atoms with Crippen molar-refractivity contribution in [3.8, 4) is 5.75 Å². The highest BCUT2D eigenvalue weighted by molar-refractivity contribution is 5.26. The number of ether oxygens (including phenoxy) is 2. The lowest BCUT2D eigenvalue weighted by Crippen LogP contribution is -1.87. The quantitative estimate of drug-likeness (QED) is 0.661. The minimum absolute atomic E-state index is 0.482. The smallest absolute Gasteiger partial charge is 0.118 e. The van der Waals surface area contributed by atoms with Crippen LogP contribution in [-0.2, 0) is 11.3 Å². The molecule has 0 bridgehead atoms. The first-order valence-corrected chi connectivity index (χ1v) is 3.30. The summed E-state index contributed by atoms with van der Waals surface area (Å²) in [6.07, 6.45) is 0. The highest BCUT2D eigenvalue weighted by Crippen LogP contribution is 2.11. The fourth-order valence-corrected chi connectivity index (χ4v) is 0.777. The SMILES string of the molecule is [2H]C([2H])(OC)c1ccc(OC)cc1. The van der Waals surface area contributed by atoms with Crippen molar-refractivity contribution in [2.45, 2.75) is 6.56 Å². The van der Waals surface area contributed by atoms with Crippen LogP contribution in [0.1, 0.15) is 8.30 Å². The van der Waals surface area contributed by atoms with Gasteiger partial charge in [-0.1, -0.05) is 12.1 Å². The molecule has 1 aromatic carbocycles. The van der Waals surface area contributed by atoms with Crippen LogP contribution in [0.5, 0.6) is 5.75 Å². The molecule has 11 heavy (non-hydrogen) atoms. The van der Waals surface area contributed by atoms with Gasteiger partial charge in [0.25, 0.3) is 0 Å². The predicted molar refractivity (Wildman–Crippen MR) is 43.7 cm³/mol. The van der Waals surface area contributed by atoms with E-state index in [1.807, 2.05) is 0 Å². The van der Waals surface area contributed by atoms with Crippen LogP contribution < -0.4 is 4.74 Å². The second kappa shape index (κ2) is 3.98. The lowest BCUT2D eigenvalue weighted by Gasteiger charge is -2.01. The Morgan fingerprint density at radius 3 is 2.36 bits per heavy atom. The molecule has 0 heterocycles. The van der Waals surface area contributed by atoms with E-state index in [1.165, 1.54) is 7.11 Å². The van der Waals surface area contributed by atoms with Gasteiger partial charge in [-0.15, -0.1) is 0 Å². The zero-order valence-corrected chi connectivity index (χ0v) is 6.63. The van der Waals surface area contributed by atoms with Gasteiger partial charge in [-0.2, -0.15) is 0 Å². The molecule has 0 saturated carbocycles. The van der Waals surface area contributed by atoms with Gasteiger partial charge >= 0.3 is 0 Å². The van der Waals surface area contributed by atoms with Crippen molar-refractivity contribution in [1.82, 2.24) is 0 Å². The van der Waals surface area contributed by atoms with Crippen molar-refractivity contribution in [3.05, 3.63) is 29.8 Å². The Labute approximate surface area is 69.6 Å². The van der Waals surface area contributed by atoms with E-state index in [9.17, 15) is 0 Å². The standard InChI is InChI=1S/C9H12O2/c1-10-7-8-3-5-9(11-2)6-4-8/h3-6H,7H2,1-2H3/i7D2. The number of benzene rings is 1. The zero-order valence-electron chi connectivity index (χ0n) is 8.63. The lowest BCUT2D eigenvalue weighted by molar-refractivity contribution is 0.185. The molecular formula is C9H12O2. The highest BCUT2D eigenvalue weighted by atomic mass is 16.5. The van der Waals surface area contributed by atoms with Gasteiger partial charge in [-0.05, 0) is 17.7 Å². The molecule has 0 unspecified atom stereocenters. The average Bonchev–Trinajstić information content (AvgIpc) is 2.18. The van der Waals surface area contributed by atoms with Crippen LogP contribution in [0.4, 0.5) is 0 Å². The summed E-state index contributed by atoms with van der Waals surface area (Å²) in [6.45, 7) is -1.73. The molecule has 0 aliphatic rings. The molecule has 0 saturated heterocycles. The predicted octanol–water partition coefficient (Wildman–Crippen LogP) is 1.84. The van der Waals surface area contributed by atoms with Gasteiger partial charge in [-0.3, -0.25) is 0 Å². The Morgan fingerprint density at radius 1 is 1.27 bits per heavy atom. The summed E-state index contributed by atoms with van der Waals surface area (Å²) in [5.74, 6) is 0.704. The summed E-state index contributed by atoms with van der Waals surface area (Å²) >= 11 is 0. The van der Waals surface area contributed by atoms with E-state index in [2.05, 4.69) is 4.74 Å². The molecule has 0 atom stereocenters. The second-order valence-electron chi connectivity index (χ2n) is 2.03. The molecule has 0 fully saturated rings. The van der Waals surface area contributed by atoms with Crippen LogP contribution in [0.3, 0.4) is 0 Å². The van der Waals surface area contributed by atoms with Crippen molar-refractivity contribution in [1.29, 1.82) is 0 Å². The molecule has 1 rings (SSSR count). The van der Waals surface area contributed by atoms with Crippen molar-refractivity contribution in [2.75, 3.05) is 14.2 Å². The van der Waals surface area contributed by atoms with E-state index in [4.69, 9.17) is 7.48 Å². The zero-order chi connectivity index (χ0) is 9.90. The Morgan fingerprint density at radius 2 is 1.91 bits per heavy atom. The third-order valence-corrected chi connectivity index (χ3v) is 1.31. The molecule has 0 spiro atoms. The van der Waals surface area contributed by atoms with Gasteiger partial charge in [0, 0.05) is 7.11 Å². The Bertz CT molecular complexity index is 269. The molecule has 0 aliphatic carbocycles. The van der Waals surface area contributed by atoms with E-state index >= 15 is 0 Å². The van der Waals surface area contributed by atoms with Crippen LogP contribution in [0.2, 0.25) is 0 Å². The van der Waals surface area contributed by atoms with Gasteiger partial charge in [0.05, 0.1) is 16.4 Å². The van der Waals surface area contributed by atoms with Gasteiger partial charge in [0.15, 0.2) is 0 Å². The van der Waals surface area contributed by atoms with Crippen LogP contribution in [0.25, 0.3) is 0 Å². The van der Waals surface area contributed by atoms with Crippen molar-refractivity contribution in [3.63, 3.8) is 0 Å². The fourth-order valence-electron chi connectivity index (χ4n) is 0.777. The molecule has 60 valence electrons. The van der Waals surface area contributed by atoms with Crippen LogP contribution in [0, 0.1) is 0 Å². The summed E-state index contributed by atoms with van der Waals surface area (Å²) < 4.78 is 24.5. The maximum atomic E-state index is 7.45. The molecule has 0 N–H and O–H groups in total. The largest absolute Gasteiger partial charge is 0.497 e. The number of methoxy groups -OCH3 is 2. The second-order valence-corrected chi connectivity index (χ2v) is 2.03. The summed E-state index contributed by atoms with van der Waals surface area (Å²) in [7, 11) is 2.91. The maximum Gasteiger partial charge on any atom is 0.118 e. The van der Waals surface area contributed by atoms with Gasteiger partial charge in [-0.25, -0.2) is 0 Å². The summed E-state index contributed by atoms with van der Waals surface area (Å²) in [5, 5.41) is 0. The lowest BCUT2D eigenvalue weighted by atomic mass is 10.2. The molecule has 0 radical (unpaired) electrons. The fraction of sp³-hybridized carbons (Fsp3) is 0.333. The Kier molecular flexibility index (Phi) is 2.03. The summed E-state index contributed by atoms with van der Waals surface area (Å²) in [4.78, 5) is 0. The normalized spacial score (nSPS) is 13.6. The van der Waals surface area contributed by atoms with E-state index in [-0.39, 0.29) is 0 Å². The third kappa shape index (κ3) is 2.24. The molecule has 2 nitrogen and oxygen atoms in total. The van der Waals surface area contributed by atoms with E-state index in [0.29, 0.717) is 11.3 Å². The number of hydrogen-bond acceptors (Lipinski definition) is 2. The Hall–Kier alpha value is -1.02. The first-order chi connectivity index (χ1) is 6.10. The van der Waals surface area contributed by atoms with Crippen LogP contribution in [0.15, 0.2) is 24.3 Å². The highest BCUT2D eigenvalue weighted by Gasteiger charge is 1.91. The number of hydrogen-bond donors (Lipinski definition) is 0. The minimum atomic E-state index is -1.73. The van der Waals surface area contributed by atoms with E-state index < -0.39 is 6.56 Å². The van der Waals surface area contributed by atoms with Gasteiger partial charge in [0.1, 0.15) is 5.75 Å². The van der Waals surface area contributed by atoms with Gasteiger partial charge in [0.2, 0.25) is 0 Å². The average molecular weight is 154 g/mol. The molecule has 0 amide bonds. The van der Waals surface area contributed by atoms with Crippen LogP contribution >= 0.6 is 0 Å². The number of rotatable bonds is 3. The first-order valence-electron chi connectivity index (χ1n) is 4.30. The van der Waals surface area contributed by atoms with Crippen molar-refractivity contribution >= 4 is 0 Å². The first kappa shape index (κ1) is 5.61. The van der Waals surface area contributed by atoms with Gasteiger partial charge < -0.3 is 9.47 Å². The van der Waals surface area contributed by atoms with Crippen LogP contribution in [-0.4, -0.2) is 14.2 Å². The molecular weight excluding hydrogens is 140 g/mol. The van der Waals surface area contributed by atoms with Crippen molar-refractivity contribution < 1.29 is 12.2 Å². The maximum absolute atomic E-state index is 7.45. The summed E-state index contributed by atoms with van der Waals surface area (Å²) in [5.41, 5.74) is 0.482. The Balaban J connectivity index is 2.92. The van der Waals surface area contributed by atoms with E-state index in [1.54, 1.807) is 31.4 Å². The summed E-state index contributed by atoms with van der Waals surface area (Å²) in [6, 6.07) is 6.68. The van der Waals surface area contributed by atoms with Crippen molar-refractivity contribution in [2.24, 2.45) is 0 Å². The monoisotopic (exact) mass is 154 g/mol. The van der Waals surface area contributed by atoms with E-state index in [0.717, 1.165) is 0 Å². The minimum Gasteiger partial charge on any atom is -0.497 e. The molecule has 0 aliphatic heterocycles. The molecule has 0 aromatic heterocycles.